The summed E-state index contributed by atoms with van der Waals surface area (Å²) in [5.74, 6) is -2.32. The SMILES string of the molecule is O=C1C(=O)c2c(O)cccc2C(O)=C1Br. The summed E-state index contributed by atoms with van der Waals surface area (Å²) in [4.78, 5) is 22.8. The van der Waals surface area contributed by atoms with Crippen molar-refractivity contribution in [3.05, 3.63) is 33.8 Å². The van der Waals surface area contributed by atoms with Gasteiger partial charge in [0.1, 0.15) is 16.0 Å². The first-order chi connectivity index (χ1) is 7.04. The number of ketones is 2. The van der Waals surface area contributed by atoms with E-state index in [0.29, 0.717) is 0 Å². The third kappa shape index (κ3) is 1.27. The number of carbonyl (C=O) groups excluding carboxylic acids is 2. The second-order valence-electron chi connectivity index (χ2n) is 3.02. The van der Waals surface area contributed by atoms with Crippen molar-refractivity contribution >= 4 is 33.3 Å². The lowest BCUT2D eigenvalue weighted by Crippen LogP contribution is -2.21. The summed E-state index contributed by atoms with van der Waals surface area (Å²) in [5.41, 5.74) is 0.00896. The Labute approximate surface area is 93.0 Å². The number of phenolic OH excluding ortho intramolecular Hbond substituents is 1. The third-order valence-corrected chi connectivity index (χ3v) is 2.87. The van der Waals surface area contributed by atoms with Crippen LogP contribution in [0, 0.1) is 0 Å². The van der Waals surface area contributed by atoms with Crippen molar-refractivity contribution in [2.45, 2.75) is 0 Å². The number of benzene rings is 1. The van der Waals surface area contributed by atoms with Crippen LogP contribution in [-0.2, 0) is 4.79 Å². The standard InChI is InChI=1S/C10H5BrO4/c11-7-8(13)4-2-1-3-5(12)6(4)9(14)10(7)15/h1-3,12-13H. The summed E-state index contributed by atoms with van der Waals surface area (Å²) < 4.78 is -0.175. The Morgan fingerprint density at radius 2 is 1.73 bits per heavy atom. The van der Waals surface area contributed by atoms with Crippen LogP contribution >= 0.6 is 15.9 Å². The molecule has 0 spiro atoms. The molecule has 1 aliphatic rings. The van der Waals surface area contributed by atoms with Crippen LogP contribution in [0.3, 0.4) is 0 Å². The molecule has 1 aliphatic carbocycles. The largest absolute Gasteiger partial charge is 0.507 e. The zero-order valence-electron chi connectivity index (χ0n) is 7.32. The van der Waals surface area contributed by atoms with Crippen LogP contribution in [0.5, 0.6) is 5.75 Å². The second kappa shape index (κ2) is 3.20. The van der Waals surface area contributed by atoms with Gasteiger partial charge in [-0.05, 0) is 22.0 Å². The van der Waals surface area contributed by atoms with E-state index in [-0.39, 0.29) is 27.1 Å². The fraction of sp³-hybridized carbons (Fsp3) is 0. The summed E-state index contributed by atoms with van der Waals surface area (Å²) in [6.07, 6.45) is 0. The van der Waals surface area contributed by atoms with Crippen LogP contribution < -0.4 is 0 Å². The molecule has 0 radical (unpaired) electrons. The van der Waals surface area contributed by atoms with Crippen molar-refractivity contribution < 1.29 is 19.8 Å². The van der Waals surface area contributed by atoms with Gasteiger partial charge in [-0.1, -0.05) is 12.1 Å². The summed E-state index contributed by atoms with van der Waals surface area (Å²) >= 11 is 2.83. The van der Waals surface area contributed by atoms with E-state index in [9.17, 15) is 19.8 Å². The van der Waals surface area contributed by atoms with Crippen LogP contribution in [0.1, 0.15) is 15.9 Å². The molecule has 15 heavy (non-hydrogen) atoms. The number of aliphatic hydroxyl groups is 1. The maximum Gasteiger partial charge on any atom is 0.244 e. The molecule has 0 saturated heterocycles. The lowest BCUT2D eigenvalue weighted by atomic mass is 9.93. The Hall–Kier alpha value is -1.62. The number of aromatic hydroxyl groups is 1. The quantitative estimate of drug-likeness (QED) is 0.704. The number of Topliss-reactive ketones (excluding diaryl/α,β-unsaturated/α-hetero) is 2. The molecule has 0 aromatic heterocycles. The molecule has 2 N–H and O–H groups in total. The lowest BCUT2D eigenvalue weighted by Gasteiger charge is -2.15. The monoisotopic (exact) mass is 268 g/mol. The molecule has 0 unspecified atom stereocenters. The molecule has 2 rings (SSSR count). The van der Waals surface area contributed by atoms with Gasteiger partial charge in [0.2, 0.25) is 11.6 Å². The number of allylic oxidation sites excluding steroid dienone is 1. The first kappa shape index (κ1) is 9.92. The Kier molecular flexibility index (Phi) is 2.12. The molecule has 0 atom stereocenters. The molecule has 0 bridgehead atoms. The van der Waals surface area contributed by atoms with Crippen LogP contribution in [0.2, 0.25) is 0 Å². The number of halogens is 1. The van der Waals surface area contributed by atoms with Gasteiger partial charge in [-0.15, -0.1) is 0 Å². The first-order valence-electron chi connectivity index (χ1n) is 4.04. The Balaban J connectivity index is 2.84. The molecule has 1 aromatic carbocycles. The summed E-state index contributed by atoms with van der Waals surface area (Å²) in [7, 11) is 0. The van der Waals surface area contributed by atoms with Crippen molar-refractivity contribution in [1.82, 2.24) is 0 Å². The Morgan fingerprint density at radius 1 is 1.07 bits per heavy atom. The minimum absolute atomic E-state index is 0.150. The second-order valence-corrected chi connectivity index (χ2v) is 3.81. The van der Waals surface area contributed by atoms with E-state index in [1.54, 1.807) is 0 Å². The molecule has 5 heteroatoms. The summed E-state index contributed by atoms with van der Waals surface area (Å²) in [5, 5.41) is 19.0. The molecule has 0 amide bonds. The van der Waals surface area contributed by atoms with E-state index in [2.05, 4.69) is 15.9 Å². The number of fused-ring (bicyclic) bond motifs is 1. The van der Waals surface area contributed by atoms with Crippen LogP contribution in [0.4, 0.5) is 0 Å². The fourth-order valence-electron chi connectivity index (χ4n) is 1.42. The van der Waals surface area contributed by atoms with Crippen molar-refractivity contribution in [2.24, 2.45) is 0 Å². The number of hydrogen-bond acceptors (Lipinski definition) is 4. The molecule has 0 aliphatic heterocycles. The van der Waals surface area contributed by atoms with Gasteiger partial charge in [0.25, 0.3) is 0 Å². The maximum absolute atomic E-state index is 11.5. The highest BCUT2D eigenvalue weighted by atomic mass is 79.9. The van der Waals surface area contributed by atoms with Gasteiger partial charge in [0.05, 0.1) is 5.56 Å². The van der Waals surface area contributed by atoms with Crippen LogP contribution in [0.25, 0.3) is 5.76 Å². The highest BCUT2D eigenvalue weighted by Gasteiger charge is 2.33. The van der Waals surface area contributed by atoms with Crippen molar-refractivity contribution in [3.8, 4) is 5.75 Å². The summed E-state index contributed by atoms with van der Waals surface area (Å²) in [6.45, 7) is 0. The van der Waals surface area contributed by atoms with Gasteiger partial charge in [0.15, 0.2) is 0 Å². The zero-order chi connectivity index (χ0) is 11.2. The predicted molar refractivity (Wildman–Crippen MR) is 55.9 cm³/mol. The van der Waals surface area contributed by atoms with E-state index in [0.717, 1.165) is 0 Å². The van der Waals surface area contributed by atoms with Gasteiger partial charge in [-0.2, -0.15) is 0 Å². The van der Waals surface area contributed by atoms with Gasteiger partial charge in [-0.25, -0.2) is 0 Å². The minimum Gasteiger partial charge on any atom is -0.507 e. The molecular weight excluding hydrogens is 264 g/mol. The number of phenols is 1. The highest BCUT2D eigenvalue weighted by molar-refractivity contribution is 9.12. The van der Waals surface area contributed by atoms with Crippen LogP contribution in [0.15, 0.2) is 22.7 Å². The first-order valence-corrected chi connectivity index (χ1v) is 4.83. The van der Waals surface area contributed by atoms with Gasteiger partial charge >= 0.3 is 0 Å². The molecule has 76 valence electrons. The normalized spacial score (nSPS) is 15.5. The van der Waals surface area contributed by atoms with Crippen molar-refractivity contribution in [1.29, 1.82) is 0 Å². The average molecular weight is 269 g/mol. The van der Waals surface area contributed by atoms with E-state index in [1.165, 1.54) is 18.2 Å². The van der Waals surface area contributed by atoms with E-state index in [1.807, 2.05) is 0 Å². The Bertz CT molecular complexity index is 516. The fourth-order valence-corrected chi connectivity index (χ4v) is 1.81. The number of hydrogen-bond donors (Lipinski definition) is 2. The van der Waals surface area contributed by atoms with E-state index < -0.39 is 11.6 Å². The topological polar surface area (TPSA) is 74.6 Å². The highest BCUT2D eigenvalue weighted by Crippen LogP contribution is 2.34. The Morgan fingerprint density at radius 3 is 2.40 bits per heavy atom. The smallest absolute Gasteiger partial charge is 0.244 e. The molecule has 0 heterocycles. The van der Waals surface area contributed by atoms with Gasteiger partial charge in [0, 0.05) is 5.56 Å². The molecule has 0 saturated carbocycles. The molecule has 1 aromatic rings. The molecule has 4 nitrogen and oxygen atoms in total. The number of aliphatic hydroxyl groups excluding tert-OH is 1. The molecular formula is C10H5BrO4. The number of rotatable bonds is 0. The van der Waals surface area contributed by atoms with E-state index in [4.69, 9.17) is 0 Å². The third-order valence-electron chi connectivity index (χ3n) is 2.14. The average Bonchev–Trinajstić information content (AvgIpc) is 2.23. The van der Waals surface area contributed by atoms with Crippen molar-refractivity contribution in [3.63, 3.8) is 0 Å². The van der Waals surface area contributed by atoms with Crippen LogP contribution in [-0.4, -0.2) is 21.8 Å². The van der Waals surface area contributed by atoms with Gasteiger partial charge < -0.3 is 10.2 Å². The maximum atomic E-state index is 11.5. The zero-order valence-corrected chi connectivity index (χ0v) is 8.91. The number of carbonyl (C=O) groups is 2. The van der Waals surface area contributed by atoms with E-state index >= 15 is 0 Å². The predicted octanol–water partition coefficient (Wildman–Crippen LogP) is 1.78. The lowest BCUT2D eigenvalue weighted by molar-refractivity contribution is -0.111. The van der Waals surface area contributed by atoms with Gasteiger partial charge in [-0.3, -0.25) is 9.59 Å². The minimum atomic E-state index is -0.860. The van der Waals surface area contributed by atoms with Crippen molar-refractivity contribution in [2.75, 3.05) is 0 Å². The molecule has 0 fully saturated rings. The summed E-state index contributed by atoms with van der Waals surface area (Å²) in [6, 6.07) is 4.22.